The van der Waals surface area contributed by atoms with E-state index in [9.17, 15) is 13.6 Å². The molecule has 1 amide bonds. The van der Waals surface area contributed by atoms with Gasteiger partial charge >= 0.3 is 6.61 Å². The molecule has 0 radical (unpaired) electrons. The summed E-state index contributed by atoms with van der Waals surface area (Å²) in [7, 11) is 0. The molecule has 2 N–H and O–H groups in total. The Morgan fingerprint density at radius 3 is 2.45 bits per heavy atom. The molecule has 1 aromatic rings. The Labute approximate surface area is 124 Å². The maximum Gasteiger partial charge on any atom is 0.387 e. The molecule has 0 heterocycles. The average Bonchev–Trinajstić information content (AvgIpc) is 3.15. The molecule has 1 aliphatic rings. The number of benzene rings is 1. The van der Waals surface area contributed by atoms with Gasteiger partial charge in [0.15, 0.2) is 5.75 Å². The second kappa shape index (κ2) is 6.56. The molecule has 4 nitrogen and oxygen atoms in total. The molecule has 0 atom stereocenters. The van der Waals surface area contributed by atoms with Gasteiger partial charge in [0.05, 0.1) is 16.6 Å². The van der Waals surface area contributed by atoms with E-state index in [1.165, 1.54) is 12.1 Å². The first-order valence-electron chi connectivity index (χ1n) is 5.93. The Morgan fingerprint density at radius 2 is 1.95 bits per heavy atom. The third kappa shape index (κ3) is 4.47. The molecular weight excluding hydrogens is 313 g/mol. The van der Waals surface area contributed by atoms with Crippen LogP contribution in [0.15, 0.2) is 12.1 Å². The summed E-state index contributed by atoms with van der Waals surface area (Å²) in [6.07, 6.45) is 2.15. The number of nitrogens with one attached hydrogen (secondary N) is 2. The largest absolute Gasteiger partial charge is 0.432 e. The Kier molecular flexibility index (Phi) is 5.01. The van der Waals surface area contributed by atoms with E-state index in [0.717, 1.165) is 12.8 Å². The van der Waals surface area contributed by atoms with Gasteiger partial charge in [-0.3, -0.25) is 4.79 Å². The zero-order valence-electron chi connectivity index (χ0n) is 10.3. The van der Waals surface area contributed by atoms with Crippen molar-refractivity contribution in [3.63, 3.8) is 0 Å². The smallest absolute Gasteiger partial charge is 0.387 e. The van der Waals surface area contributed by atoms with Gasteiger partial charge in [0.25, 0.3) is 0 Å². The van der Waals surface area contributed by atoms with E-state index in [0.29, 0.717) is 11.7 Å². The summed E-state index contributed by atoms with van der Waals surface area (Å²) in [6, 6.07) is 3.02. The van der Waals surface area contributed by atoms with Crippen molar-refractivity contribution in [3.8, 4) is 5.75 Å². The molecule has 2 rings (SSSR count). The summed E-state index contributed by atoms with van der Waals surface area (Å²) in [5.41, 5.74) is 0.323. The third-order valence-corrected chi connectivity index (χ3v) is 3.18. The van der Waals surface area contributed by atoms with Crippen molar-refractivity contribution < 1.29 is 18.3 Å². The number of ether oxygens (including phenoxy) is 1. The number of carbonyl (C=O) groups is 1. The molecule has 20 heavy (non-hydrogen) atoms. The lowest BCUT2D eigenvalue weighted by Gasteiger charge is -2.12. The summed E-state index contributed by atoms with van der Waals surface area (Å²) in [4.78, 5) is 11.6. The van der Waals surface area contributed by atoms with Crippen molar-refractivity contribution in [2.75, 3.05) is 11.9 Å². The molecule has 1 fully saturated rings. The Morgan fingerprint density at radius 1 is 1.35 bits per heavy atom. The van der Waals surface area contributed by atoms with Crippen LogP contribution in [0, 0.1) is 0 Å². The summed E-state index contributed by atoms with van der Waals surface area (Å²) < 4.78 is 28.5. The highest BCUT2D eigenvalue weighted by atomic mass is 35.5. The number of hydrogen-bond acceptors (Lipinski definition) is 3. The van der Waals surface area contributed by atoms with E-state index >= 15 is 0 Å². The first kappa shape index (κ1) is 15.3. The van der Waals surface area contributed by atoms with E-state index in [1.54, 1.807) is 0 Å². The summed E-state index contributed by atoms with van der Waals surface area (Å²) >= 11 is 11.6. The van der Waals surface area contributed by atoms with Crippen molar-refractivity contribution >= 4 is 34.8 Å². The zero-order chi connectivity index (χ0) is 14.7. The number of rotatable bonds is 6. The summed E-state index contributed by atoms with van der Waals surface area (Å²) in [5.74, 6) is -0.566. The lowest BCUT2D eigenvalue weighted by atomic mass is 10.3. The van der Waals surface area contributed by atoms with Gasteiger partial charge in [-0.1, -0.05) is 23.2 Å². The fraction of sp³-hybridized carbons (Fsp3) is 0.417. The highest BCUT2D eigenvalue weighted by Gasteiger charge is 2.21. The number of hydrogen-bond donors (Lipinski definition) is 2. The minimum atomic E-state index is -3.02. The zero-order valence-corrected chi connectivity index (χ0v) is 11.8. The minimum absolute atomic E-state index is 0.0942. The molecule has 0 saturated heterocycles. The van der Waals surface area contributed by atoms with Gasteiger partial charge in [-0.25, -0.2) is 0 Å². The van der Waals surface area contributed by atoms with Crippen molar-refractivity contribution in [2.45, 2.75) is 25.5 Å². The Bertz CT molecular complexity index is 487. The first-order valence-corrected chi connectivity index (χ1v) is 6.68. The average molecular weight is 325 g/mol. The van der Waals surface area contributed by atoms with Crippen molar-refractivity contribution in [2.24, 2.45) is 0 Å². The second-order valence-electron chi connectivity index (χ2n) is 4.35. The standard InChI is InChI=1S/C12H12Cl2F2N2O2/c13-8-3-7(4-9(14)11(8)20-12(15)16)18-10(19)5-17-6-1-2-6/h3-4,6,12,17H,1-2,5H2,(H,18,19). The van der Waals surface area contributed by atoms with Crippen LogP contribution in [0.25, 0.3) is 0 Å². The molecule has 1 aromatic carbocycles. The van der Waals surface area contributed by atoms with Crippen molar-refractivity contribution in [3.05, 3.63) is 22.2 Å². The second-order valence-corrected chi connectivity index (χ2v) is 5.17. The van der Waals surface area contributed by atoms with E-state index in [-0.39, 0.29) is 28.2 Å². The van der Waals surface area contributed by atoms with Crippen LogP contribution in [-0.4, -0.2) is 25.1 Å². The molecule has 1 aliphatic carbocycles. The molecule has 110 valence electrons. The number of anilines is 1. The lowest BCUT2D eigenvalue weighted by molar-refractivity contribution is -0.115. The lowest BCUT2D eigenvalue weighted by Crippen LogP contribution is -2.29. The van der Waals surface area contributed by atoms with Crippen molar-refractivity contribution in [1.29, 1.82) is 0 Å². The number of alkyl halides is 2. The first-order chi connectivity index (χ1) is 9.45. The van der Waals surface area contributed by atoms with Gasteiger partial charge in [0.1, 0.15) is 0 Å². The molecule has 0 spiro atoms. The Balaban J connectivity index is 1.99. The van der Waals surface area contributed by atoms with Gasteiger partial charge in [0.2, 0.25) is 5.91 Å². The fourth-order valence-electron chi connectivity index (χ4n) is 1.56. The van der Waals surface area contributed by atoms with E-state index in [1.807, 2.05) is 0 Å². The monoisotopic (exact) mass is 324 g/mol. The van der Waals surface area contributed by atoms with Crippen LogP contribution in [-0.2, 0) is 4.79 Å². The molecule has 0 aromatic heterocycles. The van der Waals surface area contributed by atoms with Crippen LogP contribution in [0.3, 0.4) is 0 Å². The maximum atomic E-state index is 12.2. The highest BCUT2D eigenvalue weighted by Crippen LogP contribution is 2.36. The van der Waals surface area contributed by atoms with Crippen molar-refractivity contribution in [1.82, 2.24) is 5.32 Å². The Hall–Kier alpha value is -1.11. The van der Waals surface area contributed by atoms with Crippen LogP contribution in [0.4, 0.5) is 14.5 Å². The number of carbonyl (C=O) groups excluding carboxylic acids is 1. The van der Waals surface area contributed by atoms with Gasteiger partial charge in [-0.05, 0) is 25.0 Å². The van der Waals surface area contributed by atoms with Crippen LogP contribution in [0.5, 0.6) is 5.75 Å². The van der Waals surface area contributed by atoms with Gasteiger partial charge in [-0.15, -0.1) is 0 Å². The highest BCUT2D eigenvalue weighted by molar-refractivity contribution is 6.37. The van der Waals surface area contributed by atoms with Gasteiger partial charge < -0.3 is 15.4 Å². The molecule has 1 saturated carbocycles. The fourth-order valence-corrected chi connectivity index (χ4v) is 2.14. The molecule has 8 heteroatoms. The third-order valence-electron chi connectivity index (χ3n) is 2.62. The van der Waals surface area contributed by atoms with Crippen LogP contribution >= 0.6 is 23.2 Å². The number of amides is 1. The minimum Gasteiger partial charge on any atom is -0.432 e. The van der Waals surface area contributed by atoms with Crippen LogP contribution in [0.1, 0.15) is 12.8 Å². The maximum absolute atomic E-state index is 12.2. The van der Waals surface area contributed by atoms with E-state index < -0.39 is 6.61 Å². The number of halogens is 4. The molecular formula is C12H12Cl2F2N2O2. The van der Waals surface area contributed by atoms with Gasteiger partial charge in [-0.2, -0.15) is 8.78 Å². The predicted octanol–water partition coefficient (Wildman–Crippen LogP) is 3.29. The van der Waals surface area contributed by atoms with E-state index in [2.05, 4.69) is 15.4 Å². The van der Waals surface area contributed by atoms with E-state index in [4.69, 9.17) is 23.2 Å². The quantitative estimate of drug-likeness (QED) is 0.844. The topological polar surface area (TPSA) is 50.4 Å². The summed E-state index contributed by atoms with van der Waals surface area (Å²) in [6.45, 7) is -2.84. The van der Waals surface area contributed by atoms with Crippen LogP contribution in [0.2, 0.25) is 10.0 Å². The van der Waals surface area contributed by atoms with Gasteiger partial charge in [0, 0.05) is 11.7 Å². The molecule has 0 bridgehead atoms. The predicted molar refractivity (Wildman–Crippen MR) is 72.7 cm³/mol. The SMILES string of the molecule is O=C(CNC1CC1)Nc1cc(Cl)c(OC(F)F)c(Cl)c1. The van der Waals surface area contributed by atoms with Crippen LogP contribution < -0.4 is 15.4 Å². The summed E-state index contributed by atoms with van der Waals surface area (Å²) in [5, 5.41) is 5.43. The molecule has 0 unspecified atom stereocenters. The molecule has 0 aliphatic heterocycles. The normalized spacial score (nSPS) is 14.4.